The van der Waals surface area contributed by atoms with Crippen LogP contribution in [0, 0.1) is 0 Å². The summed E-state index contributed by atoms with van der Waals surface area (Å²) in [6, 6.07) is 3.99. The highest BCUT2D eigenvalue weighted by Crippen LogP contribution is 2.32. The number of hydrogen-bond acceptors (Lipinski definition) is 4. The van der Waals surface area contributed by atoms with E-state index in [0.29, 0.717) is 0 Å². The lowest BCUT2D eigenvalue weighted by Crippen LogP contribution is -2.17. The minimum absolute atomic E-state index is 0.0256. The normalized spacial score (nSPS) is 11.9. The second-order valence-corrected chi connectivity index (χ2v) is 2.75. The molecule has 2 aromatic rings. The summed E-state index contributed by atoms with van der Waals surface area (Å²) in [5.41, 5.74) is 5.25. The monoisotopic (exact) mass is 218 g/mol. The van der Waals surface area contributed by atoms with Gasteiger partial charge in [0.05, 0.1) is 5.39 Å². The lowest BCUT2D eigenvalue weighted by Gasteiger charge is -2.07. The highest BCUT2D eigenvalue weighted by Gasteiger charge is 2.32. The number of aromatic nitrogens is 1. The molecule has 1 aromatic carbocycles. The predicted octanol–water partition coefficient (Wildman–Crippen LogP) is 2.31. The van der Waals surface area contributed by atoms with Gasteiger partial charge in [0, 0.05) is 0 Å². The Balaban J connectivity index is 2.52. The third-order valence-corrected chi connectivity index (χ3v) is 1.72. The van der Waals surface area contributed by atoms with E-state index in [1.807, 2.05) is 0 Å². The van der Waals surface area contributed by atoms with Crippen molar-refractivity contribution in [1.82, 2.24) is 5.16 Å². The lowest BCUT2D eigenvalue weighted by atomic mass is 10.2. The summed E-state index contributed by atoms with van der Waals surface area (Å²) in [7, 11) is 0. The van der Waals surface area contributed by atoms with Gasteiger partial charge < -0.3 is 15.0 Å². The van der Waals surface area contributed by atoms with Crippen molar-refractivity contribution in [2.24, 2.45) is 0 Å². The van der Waals surface area contributed by atoms with Gasteiger partial charge in [-0.15, -0.1) is 13.2 Å². The van der Waals surface area contributed by atoms with Gasteiger partial charge >= 0.3 is 6.36 Å². The Morgan fingerprint density at radius 2 is 2.07 bits per heavy atom. The number of halogens is 3. The molecule has 7 heteroatoms. The maximum Gasteiger partial charge on any atom is 0.573 e. The minimum Gasteiger partial charge on any atom is -0.402 e. The van der Waals surface area contributed by atoms with Crippen LogP contribution in [-0.4, -0.2) is 11.5 Å². The van der Waals surface area contributed by atoms with Gasteiger partial charge in [0.1, 0.15) is 0 Å². The fraction of sp³-hybridized carbons (Fsp3) is 0.125. The van der Waals surface area contributed by atoms with Gasteiger partial charge in [-0.05, 0) is 12.1 Å². The number of nitrogens with two attached hydrogens (primary N) is 1. The molecule has 0 unspecified atom stereocenters. The van der Waals surface area contributed by atoms with E-state index in [1.54, 1.807) is 0 Å². The highest BCUT2D eigenvalue weighted by molar-refractivity contribution is 5.90. The van der Waals surface area contributed by atoms with Crippen LogP contribution in [0.5, 0.6) is 5.75 Å². The van der Waals surface area contributed by atoms with Crippen molar-refractivity contribution in [3.8, 4) is 5.75 Å². The number of nitrogens with zero attached hydrogens (tertiary/aromatic N) is 1. The van der Waals surface area contributed by atoms with Gasteiger partial charge in [-0.2, -0.15) is 0 Å². The van der Waals surface area contributed by atoms with Crippen molar-refractivity contribution in [2.45, 2.75) is 6.36 Å². The summed E-state index contributed by atoms with van der Waals surface area (Å²) in [6.45, 7) is 0. The van der Waals surface area contributed by atoms with E-state index in [0.717, 1.165) is 6.07 Å². The molecule has 2 N–H and O–H groups in total. The van der Waals surface area contributed by atoms with Gasteiger partial charge in [0.2, 0.25) is 5.58 Å². The fourth-order valence-electron chi connectivity index (χ4n) is 1.16. The van der Waals surface area contributed by atoms with Gasteiger partial charge in [-0.25, -0.2) is 0 Å². The molecule has 0 radical (unpaired) electrons. The SMILES string of the molecule is Nc1noc2c(OC(F)(F)F)cccc12. The quantitative estimate of drug-likeness (QED) is 0.797. The van der Waals surface area contributed by atoms with Crippen LogP contribution in [0.2, 0.25) is 0 Å². The molecule has 2 rings (SSSR count). The second kappa shape index (κ2) is 3.04. The summed E-state index contributed by atoms with van der Waals surface area (Å²) < 4.78 is 44.2. The van der Waals surface area contributed by atoms with Crippen LogP contribution in [0.1, 0.15) is 0 Å². The molecular weight excluding hydrogens is 213 g/mol. The molecule has 0 aliphatic rings. The van der Waals surface area contributed by atoms with E-state index in [1.165, 1.54) is 12.1 Å². The third-order valence-electron chi connectivity index (χ3n) is 1.72. The average molecular weight is 218 g/mol. The molecule has 0 atom stereocenters. The average Bonchev–Trinajstić information content (AvgIpc) is 2.47. The predicted molar refractivity (Wildman–Crippen MR) is 45.1 cm³/mol. The second-order valence-electron chi connectivity index (χ2n) is 2.75. The van der Waals surface area contributed by atoms with Crippen molar-refractivity contribution < 1.29 is 22.4 Å². The van der Waals surface area contributed by atoms with Crippen molar-refractivity contribution in [3.05, 3.63) is 18.2 Å². The first kappa shape index (κ1) is 9.63. The molecule has 1 aromatic heterocycles. The molecule has 0 aliphatic carbocycles. The first-order valence-electron chi connectivity index (χ1n) is 3.87. The Labute approximate surface area is 81.4 Å². The molecule has 4 nitrogen and oxygen atoms in total. The maximum absolute atomic E-state index is 12.0. The van der Waals surface area contributed by atoms with Gasteiger partial charge in [-0.1, -0.05) is 11.2 Å². The molecule has 1 heterocycles. The van der Waals surface area contributed by atoms with E-state index in [-0.39, 0.29) is 16.8 Å². The van der Waals surface area contributed by atoms with Crippen LogP contribution in [0.4, 0.5) is 19.0 Å². The Hall–Kier alpha value is -1.92. The molecule has 0 fully saturated rings. The molecule has 80 valence electrons. The van der Waals surface area contributed by atoms with Crippen LogP contribution in [0.3, 0.4) is 0 Å². The highest BCUT2D eigenvalue weighted by atomic mass is 19.4. The zero-order chi connectivity index (χ0) is 11.1. The van der Waals surface area contributed by atoms with Gasteiger partial charge in [-0.3, -0.25) is 0 Å². The first-order valence-corrected chi connectivity index (χ1v) is 3.87. The molecule has 0 amide bonds. The zero-order valence-electron chi connectivity index (χ0n) is 7.21. The van der Waals surface area contributed by atoms with Crippen LogP contribution in [0.15, 0.2) is 22.7 Å². The van der Waals surface area contributed by atoms with Gasteiger partial charge in [0.25, 0.3) is 0 Å². The van der Waals surface area contributed by atoms with Crippen molar-refractivity contribution in [3.63, 3.8) is 0 Å². The number of para-hydroxylation sites is 1. The van der Waals surface area contributed by atoms with Crippen molar-refractivity contribution in [2.75, 3.05) is 5.73 Å². The Kier molecular flexibility index (Phi) is 1.95. The number of ether oxygens (including phenoxy) is 1. The van der Waals surface area contributed by atoms with Crippen LogP contribution >= 0.6 is 0 Å². The third kappa shape index (κ3) is 1.80. The lowest BCUT2D eigenvalue weighted by molar-refractivity contribution is -0.274. The van der Waals surface area contributed by atoms with Crippen molar-refractivity contribution >= 4 is 16.8 Å². The molecule has 15 heavy (non-hydrogen) atoms. The van der Waals surface area contributed by atoms with Gasteiger partial charge in [0.15, 0.2) is 11.6 Å². The maximum atomic E-state index is 12.0. The van der Waals surface area contributed by atoms with E-state index >= 15 is 0 Å². The van der Waals surface area contributed by atoms with Crippen molar-refractivity contribution in [1.29, 1.82) is 0 Å². The smallest absolute Gasteiger partial charge is 0.402 e. The fourth-order valence-corrected chi connectivity index (χ4v) is 1.16. The van der Waals surface area contributed by atoms with Crippen LogP contribution in [0.25, 0.3) is 11.0 Å². The molecule has 0 saturated carbocycles. The largest absolute Gasteiger partial charge is 0.573 e. The number of benzene rings is 1. The molecule has 0 saturated heterocycles. The molecule has 0 bridgehead atoms. The summed E-state index contributed by atoms with van der Waals surface area (Å²) >= 11 is 0. The number of nitrogen functional groups attached to an aromatic ring is 1. The van der Waals surface area contributed by atoms with E-state index in [2.05, 4.69) is 14.4 Å². The van der Waals surface area contributed by atoms with Crippen LogP contribution < -0.4 is 10.5 Å². The Bertz CT molecular complexity index is 492. The molecule has 0 aliphatic heterocycles. The topological polar surface area (TPSA) is 61.3 Å². The number of alkyl halides is 3. The zero-order valence-corrected chi connectivity index (χ0v) is 7.21. The summed E-state index contributed by atoms with van der Waals surface area (Å²) in [5, 5.41) is 3.63. The minimum atomic E-state index is -4.77. The Morgan fingerprint density at radius 1 is 1.33 bits per heavy atom. The van der Waals surface area contributed by atoms with E-state index < -0.39 is 12.1 Å². The standard InChI is InChI=1S/C8H5F3N2O2/c9-8(10,11)14-5-3-1-2-4-6(5)15-13-7(4)12/h1-3H,(H2,12,13). The first-order chi connectivity index (χ1) is 6.97. The summed E-state index contributed by atoms with van der Waals surface area (Å²) in [5.74, 6) is -0.429. The van der Waals surface area contributed by atoms with E-state index in [4.69, 9.17) is 5.73 Å². The Morgan fingerprint density at radius 3 is 2.73 bits per heavy atom. The molecule has 0 spiro atoms. The van der Waals surface area contributed by atoms with E-state index in [9.17, 15) is 13.2 Å². The number of anilines is 1. The number of rotatable bonds is 1. The summed E-state index contributed by atoms with van der Waals surface area (Å²) in [4.78, 5) is 0. The summed E-state index contributed by atoms with van der Waals surface area (Å²) in [6.07, 6.45) is -4.77. The number of hydrogen-bond donors (Lipinski definition) is 1. The number of fused-ring (bicyclic) bond motifs is 1. The van der Waals surface area contributed by atoms with Crippen LogP contribution in [-0.2, 0) is 0 Å². The molecular formula is C8H5F3N2O2.